The Morgan fingerprint density at radius 2 is 2.00 bits per heavy atom. The molecule has 0 aromatic heterocycles. The summed E-state index contributed by atoms with van der Waals surface area (Å²) in [5.74, 6) is 0.730. The SMILES string of the molecule is Fc1ccc(Br)c(C(Br)c2ccc3c(c2)CCO3)c1. The number of halogens is 3. The molecular formula is C15H11Br2FO. The molecule has 0 bridgehead atoms. The highest BCUT2D eigenvalue weighted by Gasteiger charge is 2.18. The van der Waals surface area contributed by atoms with E-state index in [1.54, 1.807) is 12.1 Å². The van der Waals surface area contributed by atoms with E-state index in [9.17, 15) is 4.39 Å². The van der Waals surface area contributed by atoms with Gasteiger partial charge in [0.05, 0.1) is 11.4 Å². The van der Waals surface area contributed by atoms with E-state index in [2.05, 4.69) is 37.9 Å². The van der Waals surface area contributed by atoms with Crippen LogP contribution in [0.4, 0.5) is 4.39 Å². The third-order valence-corrected chi connectivity index (χ3v) is 4.98. The van der Waals surface area contributed by atoms with Crippen molar-refractivity contribution in [3.8, 4) is 5.75 Å². The van der Waals surface area contributed by atoms with Gasteiger partial charge in [0.2, 0.25) is 0 Å². The summed E-state index contributed by atoms with van der Waals surface area (Å²) in [6.45, 7) is 0.745. The maximum atomic E-state index is 13.4. The number of rotatable bonds is 2. The molecule has 0 radical (unpaired) electrons. The van der Waals surface area contributed by atoms with Gasteiger partial charge >= 0.3 is 0 Å². The summed E-state index contributed by atoms with van der Waals surface area (Å²) >= 11 is 7.12. The summed E-state index contributed by atoms with van der Waals surface area (Å²) in [5, 5.41) is 0. The Labute approximate surface area is 128 Å². The van der Waals surface area contributed by atoms with E-state index in [1.165, 1.54) is 11.6 Å². The highest BCUT2D eigenvalue weighted by molar-refractivity contribution is 9.11. The topological polar surface area (TPSA) is 9.23 Å². The largest absolute Gasteiger partial charge is 0.493 e. The van der Waals surface area contributed by atoms with Crippen LogP contribution in [0.1, 0.15) is 21.5 Å². The molecule has 1 aliphatic heterocycles. The number of hydrogen-bond acceptors (Lipinski definition) is 1. The van der Waals surface area contributed by atoms with Crippen molar-refractivity contribution in [1.82, 2.24) is 0 Å². The maximum Gasteiger partial charge on any atom is 0.123 e. The quantitative estimate of drug-likeness (QED) is 0.660. The van der Waals surface area contributed by atoms with Gasteiger partial charge in [-0.1, -0.05) is 44.0 Å². The van der Waals surface area contributed by atoms with E-state index in [0.717, 1.165) is 34.4 Å². The Bertz CT molecular complexity index is 628. The van der Waals surface area contributed by atoms with Crippen LogP contribution < -0.4 is 4.74 Å². The second-order valence-corrected chi connectivity index (χ2v) is 6.26. The Hall–Kier alpha value is -0.870. The molecular weight excluding hydrogens is 375 g/mol. The Kier molecular flexibility index (Phi) is 3.63. The molecule has 98 valence electrons. The van der Waals surface area contributed by atoms with Crippen LogP contribution in [-0.2, 0) is 6.42 Å². The predicted octanol–water partition coefficient (Wildman–Crippen LogP) is 5.01. The van der Waals surface area contributed by atoms with Crippen molar-refractivity contribution in [2.24, 2.45) is 0 Å². The molecule has 2 aromatic carbocycles. The standard InChI is InChI=1S/C15H11Br2FO/c16-13-3-2-11(18)8-12(13)15(17)10-1-4-14-9(7-10)5-6-19-14/h1-4,7-8,15H,5-6H2. The van der Waals surface area contributed by atoms with Gasteiger partial charge in [0, 0.05) is 10.9 Å². The van der Waals surface area contributed by atoms with Gasteiger partial charge in [0.1, 0.15) is 11.6 Å². The van der Waals surface area contributed by atoms with E-state index < -0.39 is 0 Å². The first-order valence-electron chi connectivity index (χ1n) is 6.00. The first kappa shape index (κ1) is 13.1. The number of alkyl halides is 1. The van der Waals surface area contributed by atoms with Crippen molar-refractivity contribution < 1.29 is 9.13 Å². The van der Waals surface area contributed by atoms with Crippen LogP contribution in [0.25, 0.3) is 0 Å². The molecule has 0 amide bonds. The number of benzene rings is 2. The molecule has 3 rings (SSSR count). The highest BCUT2D eigenvalue weighted by Crippen LogP contribution is 2.38. The van der Waals surface area contributed by atoms with Gasteiger partial charge in [0.15, 0.2) is 0 Å². The van der Waals surface area contributed by atoms with E-state index in [4.69, 9.17) is 4.74 Å². The highest BCUT2D eigenvalue weighted by atomic mass is 79.9. The minimum Gasteiger partial charge on any atom is -0.493 e. The molecule has 19 heavy (non-hydrogen) atoms. The van der Waals surface area contributed by atoms with Crippen molar-refractivity contribution in [3.05, 3.63) is 63.4 Å². The molecule has 0 N–H and O–H groups in total. The lowest BCUT2D eigenvalue weighted by molar-refractivity contribution is 0.357. The van der Waals surface area contributed by atoms with Gasteiger partial charge in [-0.15, -0.1) is 0 Å². The minimum absolute atomic E-state index is 0.0384. The fraction of sp³-hybridized carbons (Fsp3) is 0.200. The van der Waals surface area contributed by atoms with Gasteiger partial charge in [-0.3, -0.25) is 0 Å². The molecule has 2 aromatic rings. The van der Waals surface area contributed by atoms with E-state index in [-0.39, 0.29) is 10.6 Å². The second kappa shape index (κ2) is 5.25. The average Bonchev–Trinajstić information content (AvgIpc) is 2.88. The van der Waals surface area contributed by atoms with Crippen LogP contribution in [0.2, 0.25) is 0 Å². The Morgan fingerprint density at radius 3 is 2.84 bits per heavy atom. The van der Waals surface area contributed by atoms with Crippen molar-refractivity contribution in [1.29, 1.82) is 0 Å². The van der Waals surface area contributed by atoms with E-state index in [0.29, 0.717) is 0 Å². The van der Waals surface area contributed by atoms with Crippen LogP contribution >= 0.6 is 31.9 Å². The van der Waals surface area contributed by atoms with Gasteiger partial charge in [-0.05, 0) is 41.0 Å². The summed E-state index contributed by atoms with van der Waals surface area (Å²) in [7, 11) is 0. The minimum atomic E-state index is -0.229. The van der Waals surface area contributed by atoms with E-state index >= 15 is 0 Å². The van der Waals surface area contributed by atoms with Crippen LogP contribution in [0.5, 0.6) is 5.75 Å². The van der Waals surface area contributed by atoms with Crippen LogP contribution in [0, 0.1) is 5.82 Å². The summed E-state index contributed by atoms with van der Waals surface area (Å²) in [6, 6.07) is 10.9. The van der Waals surface area contributed by atoms with Gasteiger partial charge in [-0.2, -0.15) is 0 Å². The Morgan fingerprint density at radius 1 is 1.16 bits per heavy atom. The van der Waals surface area contributed by atoms with Gasteiger partial charge in [0.25, 0.3) is 0 Å². The van der Waals surface area contributed by atoms with E-state index in [1.807, 2.05) is 12.1 Å². The fourth-order valence-electron chi connectivity index (χ4n) is 2.25. The van der Waals surface area contributed by atoms with Crippen molar-refractivity contribution in [2.75, 3.05) is 6.61 Å². The zero-order valence-corrected chi connectivity index (χ0v) is 13.2. The third-order valence-electron chi connectivity index (χ3n) is 3.24. The van der Waals surface area contributed by atoms with Crippen molar-refractivity contribution in [3.63, 3.8) is 0 Å². The average molecular weight is 386 g/mol. The summed E-state index contributed by atoms with van der Waals surface area (Å²) in [6.07, 6.45) is 0.938. The molecule has 1 unspecified atom stereocenters. The molecule has 1 aliphatic rings. The van der Waals surface area contributed by atoms with Crippen LogP contribution in [-0.4, -0.2) is 6.61 Å². The third kappa shape index (κ3) is 2.56. The molecule has 0 aliphatic carbocycles. The van der Waals surface area contributed by atoms with Gasteiger partial charge < -0.3 is 4.74 Å². The predicted molar refractivity (Wildman–Crippen MR) is 80.5 cm³/mol. The molecule has 0 saturated heterocycles. The Balaban J connectivity index is 1.99. The van der Waals surface area contributed by atoms with Gasteiger partial charge in [-0.25, -0.2) is 4.39 Å². The lowest BCUT2D eigenvalue weighted by atomic mass is 10.0. The zero-order chi connectivity index (χ0) is 13.4. The summed E-state index contributed by atoms with van der Waals surface area (Å²) in [5.41, 5.74) is 3.21. The molecule has 1 atom stereocenters. The first-order valence-corrected chi connectivity index (χ1v) is 7.70. The first-order chi connectivity index (χ1) is 9.15. The number of ether oxygens (including phenoxy) is 1. The number of fused-ring (bicyclic) bond motifs is 1. The molecule has 4 heteroatoms. The number of hydrogen-bond donors (Lipinski definition) is 0. The molecule has 0 saturated carbocycles. The molecule has 0 spiro atoms. The van der Waals surface area contributed by atoms with Crippen LogP contribution in [0.3, 0.4) is 0 Å². The van der Waals surface area contributed by atoms with Crippen molar-refractivity contribution in [2.45, 2.75) is 11.2 Å². The smallest absolute Gasteiger partial charge is 0.123 e. The summed E-state index contributed by atoms with van der Waals surface area (Å²) in [4.78, 5) is -0.0384. The molecule has 1 heterocycles. The molecule has 0 fully saturated rings. The normalized spacial score (nSPS) is 14.9. The fourth-order valence-corrected chi connectivity index (χ4v) is 3.70. The lowest BCUT2D eigenvalue weighted by Crippen LogP contribution is -1.96. The zero-order valence-electron chi connectivity index (χ0n) is 10.00. The molecule has 1 nitrogen and oxygen atoms in total. The second-order valence-electron chi connectivity index (χ2n) is 4.49. The van der Waals surface area contributed by atoms with Crippen molar-refractivity contribution >= 4 is 31.9 Å². The summed E-state index contributed by atoms with van der Waals surface area (Å²) < 4.78 is 19.8. The lowest BCUT2D eigenvalue weighted by Gasteiger charge is -2.14. The maximum absolute atomic E-state index is 13.4. The monoisotopic (exact) mass is 384 g/mol. The van der Waals surface area contributed by atoms with Crippen LogP contribution in [0.15, 0.2) is 40.9 Å².